The molecule has 13 aromatic carbocycles. The summed E-state index contributed by atoms with van der Waals surface area (Å²) in [6.45, 7) is 0. The number of fused-ring (bicyclic) bond motifs is 12. The van der Waals surface area contributed by atoms with Crippen LogP contribution in [0.4, 0.5) is 0 Å². The van der Waals surface area contributed by atoms with E-state index in [1.165, 1.54) is 54.4 Å². The molecule has 0 unspecified atom stereocenters. The molecule has 9 heteroatoms. The first-order valence-electron chi connectivity index (χ1n) is 37.8. The van der Waals surface area contributed by atoms with Gasteiger partial charge in [0.15, 0.2) is 0 Å². The number of aromatic nitrogens is 9. The quantitative estimate of drug-likeness (QED) is 0.122. The summed E-state index contributed by atoms with van der Waals surface area (Å²) >= 11 is 0. The highest BCUT2D eigenvalue weighted by Crippen LogP contribution is 2.43. The predicted octanol–water partition coefficient (Wildman–Crippen LogP) is 26.1. The van der Waals surface area contributed by atoms with Gasteiger partial charge in [-0.25, -0.2) is 15.0 Å². The first-order chi connectivity index (χ1) is 55.5. The molecule has 9 heterocycles. The molecule has 9 aromatic heterocycles. The third-order valence-electron chi connectivity index (χ3n) is 21.8. The molecule has 0 fully saturated rings. The zero-order valence-electron chi connectivity index (χ0n) is 60.7. The van der Waals surface area contributed by atoms with Gasteiger partial charge in [-0.15, -0.1) is 0 Å². The lowest BCUT2D eigenvalue weighted by Crippen LogP contribution is -1.97. The van der Waals surface area contributed by atoms with Gasteiger partial charge in [0.25, 0.3) is 0 Å². The van der Waals surface area contributed by atoms with E-state index in [0.29, 0.717) is 0 Å². The molecule has 22 rings (SSSR count). The van der Waals surface area contributed by atoms with E-state index in [-0.39, 0.29) is 0 Å². The summed E-state index contributed by atoms with van der Waals surface area (Å²) in [6, 6.07) is 135. The van der Waals surface area contributed by atoms with E-state index >= 15 is 0 Å². The first kappa shape index (κ1) is 65.1. The molecular formula is C103H67N9. The van der Waals surface area contributed by atoms with Crippen LogP contribution in [0.3, 0.4) is 0 Å². The Kier molecular flexibility index (Phi) is 16.0. The highest BCUT2D eigenvalue weighted by molar-refractivity contribution is 6.14. The van der Waals surface area contributed by atoms with Crippen molar-refractivity contribution in [3.8, 4) is 112 Å². The Balaban J connectivity index is 0.000000141. The summed E-state index contributed by atoms with van der Waals surface area (Å²) in [5.74, 6) is 0. The van der Waals surface area contributed by atoms with Crippen LogP contribution in [0, 0.1) is 0 Å². The van der Waals surface area contributed by atoms with Gasteiger partial charge >= 0.3 is 0 Å². The van der Waals surface area contributed by atoms with Crippen molar-refractivity contribution in [2.24, 2.45) is 0 Å². The Morgan fingerprint density at radius 2 is 0.500 bits per heavy atom. The smallest absolute Gasteiger partial charge is 0.145 e. The standard InChI is InChI=1S/C52H34N4.C51H33N5/c1-4-15-35(16-5-1)39-32-47(36-17-6-2-7-18-36)54-48(33-39)38-19-14-22-42(29-38)56-50-26-13-11-24-44(50)46-31-40(34-53-52(46)56)37-27-28-51-45(30-37)43-23-10-12-25-49(43)55(51)41-20-8-3-9-21-41;1-2-14-40(15-3-1)55-48-21-6-4-17-42(48)44-31-35(23-24-50(44)55)39-32-45-43-18-5-7-22-49(43)56(51(45)54-33-39)41-16-12-13-34(30-41)36-27-37(46-19-8-10-25-52-46)29-38(28-36)47-20-9-11-26-53-47/h1-34H;1-33H. The van der Waals surface area contributed by atoms with Crippen LogP contribution in [0.15, 0.2) is 407 Å². The lowest BCUT2D eigenvalue weighted by molar-refractivity contribution is 1.13. The second-order valence-corrected chi connectivity index (χ2v) is 28.4. The summed E-state index contributed by atoms with van der Waals surface area (Å²) in [4.78, 5) is 25.0. The van der Waals surface area contributed by atoms with Gasteiger partial charge in [-0.2, -0.15) is 0 Å². The third kappa shape index (κ3) is 11.5. The van der Waals surface area contributed by atoms with Crippen molar-refractivity contribution >= 4 is 87.5 Å². The monoisotopic (exact) mass is 1430 g/mol. The van der Waals surface area contributed by atoms with Crippen LogP contribution >= 0.6 is 0 Å². The van der Waals surface area contributed by atoms with Crippen LogP contribution in [0.2, 0.25) is 0 Å². The number of para-hydroxylation sites is 6. The van der Waals surface area contributed by atoms with Crippen molar-refractivity contribution in [3.05, 3.63) is 407 Å². The number of pyridine rings is 5. The Hall–Kier alpha value is -15.2. The molecule has 0 radical (unpaired) electrons. The summed E-state index contributed by atoms with van der Waals surface area (Å²) in [6.07, 6.45) is 7.73. The molecule has 22 aromatic rings. The fraction of sp³-hybridized carbons (Fsp3) is 0. The minimum atomic E-state index is 0.921. The van der Waals surface area contributed by atoms with Gasteiger partial charge in [0.05, 0.1) is 55.9 Å². The van der Waals surface area contributed by atoms with Gasteiger partial charge < -0.3 is 9.13 Å². The van der Waals surface area contributed by atoms with Crippen LogP contribution in [0.25, 0.3) is 200 Å². The normalized spacial score (nSPS) is 11.6. The topological polar surface area (TPSA) is 84.2 Å². The minimum absolute atomic E-state index is 0.921. The number of benzene rings is 13. The second kappa shape index (κ2) is 27.5. The highest BCUT2D eigenvalue weighted by atomic mass is 15.1. The molecule has 0 atom stereocenters. The van der Waals surface area contributed by atoms with Crippen molar-refractivity contribution in [3.63, 3.8) is 0 Å². The third-order valence-corrected chi connectivity index (χ3v) is 21.8. The molecule has 0 saturated heterocycles. The highest BCUT2D eigenvalue weighted by Gasteiger charge is 2.22. The molecule has 112 heavy (non-hydrogen) atoms. The van der Waals surface area contributed by atoms with Crippen molar-refractivity contribution < 1.29 is 0 Å². The largest absolute Gasteiger partial charge is 0.309 e. The van der Waals surface area contributed by atoms with Gasteiger partial charge in [-0.05, 0) is 197 Å². The number of nitrogens with zero attached hydrogens (tertiary/aromatic N) is 9. The lowest BCUT2D eigenvalue weighted by Gasteiger charge is -2.13. The van der Waals surface area contributed by atoms with Gasteiger partial charge in [-0.3, -0.25) is 19.1 Å². The van der Waals surface area contributed by atoms with Crippen LogP contribution in [0.5, 0.6) is 0 Å². The van der Waals surface area contributed by atoms with Crippen molar-refractivity contribution in [2.45, 2.75) is 0 Å². The Morgan fingerprint density at radius 3 is 0.973 bits per heavy atom. The Morgan fingerprint density at radius 1 is 0.161 bits per heavy atom. The van der Waals surface area contributed by atoms with Gasteiger partial charge in [0.2, 0.25) is 0 Å². The van der Waals surface area contributed by atoms with E-state index in [2.05, 4.69) is 380 Å². The zero-order chi connectivity index (χ0) is 74.0. The fourth-order valence-corrected chi connectivity index (χ4v) is 16.6. The van der Waals surface area contributed by atoms with Crippen molar-refractivity contribution in [1.29, 1.82) is 0 Å². The molecule has 9 nitrogen and oxygen atoms in total. The van der Waals surface area contributed by atoms with Gasteiger partial charge in [0.1, 0.15) is 11.3 Å². The predicted molar refractivity (Wildman–Crippen MR) is 463 cm³/mol. The van der Waals surface area contributed by atoms with Crippen LogP contribution in [-0.4, -0.2) is 43.2 Å². The first-order valence-corrected chi connectivity index (χ1v) is 37.8. The molecule has 524 valence electrons. The van der Waals surface area contributed by atoms with E-state index in [9.17, 15) is 0 Å². The van der Waals surface area contributed by atoms with Crippen LogP contribution in [-0.2, 0) is 0 Å². The van der Waals surface area contributed by atoms with E-state index in [1.807, 2.05) is 55.1 Å². The van der Waals surface area contributed by atoms with E-state index in [0.717, 1.165) is 145 Å². The maximum Gasteiger partial charge on any atom is 0.145 e. The summed E-state index contributed by atoms with van der Waals surface area (Å²) in [7, 11) is 0. The SMILES string of the molecule is c1ccc(-c2cc(-c3ccccc3)nc(-c3cccc(-n4c5ccccc5c5cc(-c6ccc7c(c6)c6ccccc6n7-c6ccccc6)cnc54)c3)c2)cc1.c1ccc(-n2c3ccccc3c3cc(-c4cnc5c(c4)c4ccccc4n5-c4cccc(-c5cc(-c6ccccn6)cc(-c6ccccn6)c5)c4)ccc32)cc1. The van der Waals surface area contributed by atoms with Crippen molar-refractivity contribution in [2.75, 3.05) is 0 Å². The Bertz CT molecular complexity index is 6790. The molecule has 0 saturated carbocycles. The minimum Gasteiger partial charge on any atom is -0.309 e. The van der Waals surface area contributed by atoms with Crippen LogP contribution in [0.1, 0.15) is 0 Å². The number of rotatable bonds is 12. The molecule has 0 spiro atoms. The summed E-state index contributed by atoms with van der Waals surface area (Å²) < 4.78 is 9.28. The average molecular weight is 1430 g/mol. The molecule has 0 bridgehead atoms. The second-order valence-electron chi connectivity index (χ2n) is 28.4. The van der Waals surface area contributed by atoms with Crippen LogP contribution < -0.4 is 0 Å². The zero-order valence-corrected chi connectivity index (χ0v) is 60.7. The summed E-state index contributed by atoms with van der Waals surface area (Å²) in [5.41, 5.74) is 30.1. The Labute approximate surface area is 645 Å². The molecule has 0 amide bonds. The van der Waals surface area contributed by atoms with Crippen molar-refractivity contribution in [1.82, 2.24) is 43.2 Å². The average Bonchev–Trinajstić information content (AvgIpc) is 1.59. The van der Waals surface area contributed by atoms with E-state index in [4.69, 9.17) is 15.0 Å². The maximum atomic E-state index is 5.22. The molecule has 0 N–H and O–H groups in total. The molecular weight excluding hydrogens is 1360 g/mol. The van der Waals surface area contributed by atoms with E-state index < -0.39 is 0 Å². The molecule has 0 aliphatic carbocycles. The molecule has 0 aliphatic heterocycles. The van der Waals surface area contributed by atoms with E-state index in [1.54, 1.807) is 0 Å². The maximum absolute atomic E-state index is 5.22. The number of hydrogen-bond acceptors (Lipinski definition) is 5. The van der Waals surface area contributed by atoms with Gasteiger partial charge in [-0.1, -0.05) is 218 Å². The van der Waals surface area contributed by atoms with Gasteiger partial charge in [0, 0.05) is 124 Å². The number of hydrogen-bond donors (Lipinski definition) is 0. The fourth-order valence-electron chi connectivity index (χ4n) is 16.6. The molecule has 0 aliphatic rings. The lowest BCUT2D eigenvalue weighted by atomic mass is 9.96. The summed E-state index contributed by atoms with van der Waals surface area (Å²) in [5, 5.41) is 9.48.